The van der Waals surface area contributed by atoms with Crippen LogP contribution in [0.2, 0.25) is 0 Å². The van der Waals surface area contributed by atoms with E-state index in [2.05, 4.69) is 28.7 Å². The number of amides is 3. The number of aryl methyl sites for hydroxylation is 2. The lowest BCUT2D eigenvalue weighted by atomic mass is 9.86. The molecule has 1 aromatic heterocycles. The number of urea groups is 1. The van der Waals surface area contributed by atoms with Gasteiger partial charge in [0.25, 0.3) is 5.91 Å². The van der Waals surface area contributed by atoms with Crippen molar-refractivity contribution in [3.05, 3.63) is 53.1 Å². The van der Waals surface area contributed by atoms with Gasteiger partial charge in [-0.05, 0) is 31.7 Å². The molecule has 7 heteroatoms. The zero-order valence-corrected chi connectivity index (χ0v) is 18.1. The number of hydrogen-bond acceptors (Lipinski definition) is 4. The highest BCUT2D eigenvalue weighted by Crippen LogP contribution is 2.36. The number of rotatable bonds is 6. The second kappa shape index (κ2) is 8.22. The van der Waals surface area contributed by atoms with Gasteiger partial charge in [0.15, 0.2) is 0 Å². The van der Waals surface area contributed by atoms with E-state index in [1.54, 1.807) is 11.9 Å². The van der Waals surface area contributed by atoms with Crippen molar-refractivity contribution in [2.75, 3.05) is 26.7 Å². The molecule has 0 saturated carbocycles. The van der Waals surface area contributed by atoms with Crippen LogP contribution in [0.25, 0.3) is 0 Å². The topological polar surface area (TPSA) is 72.5 Å². The van der Waals surface area contributed by atoms with Gasteiger partial charge in [-0.2, -0.15) is 0 Å². The van der Waals surface area contributed by atoms with Gasteiger partial charge < -0.3 is 9.88 Å². The number of imidazole rings is 1. The fourth-order valence-corrected chi connectivity index (χ4v) is 4.66. The summed E-state index contributed by atoms with van der Waals surface area (Å²) in [6, 6.07) is 9.83. The lowest BCUT2D eigenvalue weighted by Crippen LogP contribution is -2.55. The Labute approximate surface area is 178 Å². The molecule has 0 radical (unpaired) electrons. The number of nitrogens with one attached hydrogen (secondary N) is 1. The molecule has 3 heterocycles. The smallest absolute Gasteiger partial charge is 0.327 e. The molecule has 1 spiro atoms. The molecule has 0 unspecified atom stereocenters. The molecule has 7 nitrogen and oxygen atoms in total. The molecular formula is C23H31N5O2. The molecule has 0 aliphatic carbocycles. The number of piperidine rings is 1. The van der Waals surface area contributed by atoms with E-state index >= 15 is 0 Å². The van der Waals surface area contributed by atoms with Crippen LogP contribution in [0.4, 0.5) is 4.79 Å². The van der Waals surface area contributed by atoms with Crippen LogP contribution in [0.1, 0.15) is 42.5 Å². The maximum Gasteiger partial charge on any atom is 0.327 e. The van der Waals surface area contributed by atoms with Crippen molar-refractivity contribution in [1.29, 1.82) is 0 Å². The molecule has 1 N–H and O–H groups in total. The van der Waals surface area contributed by atoms with E-state index in [4.69, 9.17) is 0 Å². The number of benzene rings is 1. The Morgan fingerprint density at radius 2 is 1.83 bits per heavy atom. The van der Waals surface area contributed by atoms with Gasteiger partial charge in [0.05, 0.1) is 5.69 Å². The zero-order chi connectivity index (χ0) is 21.3. The Balaban J connectivity index is 1.40. The Hall–Kier alpha value is -2.67. The number of carbonyl (C=O) groups excluding carboxylic acids is 2. The SMILES string of the molecule is CCc1nc(CN2CCC3(CC2)C(=O)N(CCc2ccccc2)C(=O)N3C)c(C)[nH]1. The summed E-state index contributed by atoms with van der Waals surface area (Å²) in [6.45, 7) is 6.93. The predicted octanol–water partition coefficient (Wildman–Crippen LogP) is 2.75. The number of nitrogens with zero attached hydrogens (tertiary/aromatic N) is 4. The van der Waals surface area contributed by atoms with Gasteiger partial charge in [0, 0.05) is 45.3 Å². The lowest BCUT2D eigenvalue weighted by molar-refractivity contribution is -0.135. The minimum absolute atomic E-state index is 0.0326. The van der Waals surface area contributed by atoms with Gasteiger partial charge in [0.1, 0.15) is 11.4 Å². The van der Waals surface area contributed by atoms with Gasteiger partial charge >= 0.3 is 6.03 Å². The molecule has 4 rings (SSSR count). The molecule has 2 saturated heterocycles. The molecule has 2 aliphatic rings. The molecule has 3 amide bonds. The summed E-state index contributed by atoms with van der Waals surface area (Å²) in [7, 11) is 1.78. The molecular weight excluding hydrogens is 378 g/mol. The summed E-state index contributed by atoms with van der Waals surface area (Å²) in [5.41, 5.74) is 2.63. The molecule has 1 aromatic carbocycles. The van der Waals surface area contributed by atoms with Gasteiger partial charge in [-0.15, -0.1) is 0 Å². The summed E-state index contributed by atoms with van der Waals surface area (Å²) in [4.78, 5) is 39.7. The van der Waals surface area contributed by atoms with E-state index in [9.17, 15) is 9.59 Å². The Morgan fingerprint density at radius 1 is 1.13 bits per heavy atom. The van der Waals surface area contributed by atoms with Crippen LogP contribution >= 0.6 is 0 Å². The molecule has 2 fully saturated rings. The van der Waals surface area contributed by atoms with Crippen LogP contribution in [0.15, 0.2) is 30.3 Å². The summed E-state index contributed by atoms with van der Waals surface area (Å²) in [6.07, 6.45) is 2.91. The first-order valence-electron chi connectivity index (χ1n) is 10.8. The summed E-state index contributed by atoms with van der Waals surface area (Å²) in [5.74, 6) is 0.983. The number of aromatic nitrogens is 2. The molecule has 30 heavy (non-hydrogen) atoms. The second-order valence-corrected chi connectivity index (χ2v) is 8.45. The number of likely N-dealkylation sites (N-methyl/N-ethyl adjacent to an activating group) is 1. The molecule has 2 aliphatic heterocycles. The van der Waals surface area contributed by atoms with E-state index in [0.717, 1.165) is 48.8 Å². The predicted molar refractivity (Wildman–Crippen MR) is 115 cm³/mol. The van der Waals surface area contributed by atoms with Crippen molar-refractivity contribution in [3.8, 4) is 0 Å². The fraction of sp³-hybridized carbons (Fsp3) is 0.522. The normalized spacial score (nSPS) is 19.3. The van der Waals surface area contributed by atoms with E-state index in [-0.39, 0.29) is 11.9 Å². The van der Waals surface area contributed by atoms with Gasteiger partial charge in [-0.25, -0.2) is 9.78 Å². The van der Waals surface area contributed by atoms with E-state index in [1.165, 1.54) is 4.90 Å². The van der Waals surface area contributed by atoms with Crippen molar-refractivity contribution in [2.45, 2.75) is 51.6 Å². The second-order valence-electron chi connectivity index (χ2n) is 8.45. The first-order chi connectivity index (χ1) is 14.4. The number of H-pyrrole nitrogens is 1. The number of likely N-dealkylation sites (tertiary alicyclic amines) is 1. The quantitative estimate of drug-likeness (QED) is 0.745. The highest BCUT2D eigenvalue weighted by Gasteiger charge is 2.56. The molecule has 0 bridgehead atoms. The third-order valence-corrected chi connectivity index (χ3v) is 6.70. The first kappa shape index (κ1) is 20.6. The van der Waals surface area contributed by atoms with E-state index in [0.29, 0.717) is 25.8 Å². The Morgan fingerprint density at radius 3 is 2.47 bits per heavy atom. The van der Waals surface area contributed by atoms with Crippen LogP contribution in [0, 0.1) is 6.92 Å². The molecule has 160 valence electrons. The van der Waals surface area contributed by atoms with Gasteiger partial charge in [-0.3, -0.25) is 14.6 Å². The zero-order valence-electron chi connectivity index (χ0n) is 18.1. The van der Waals surface area contributed by atoms with Crippen LogP contribution in [-0.2, 0) is 24.2 Å². The van der Waals surface area contributed by atoms with Crippen LogP contribution in [0.3, 0.4) is 0 Å². The lowest BCUT2D eigenvalue weighted by Gasteiger charge is -2.40. The summed E-state index contributed by atoms with van der Waals surface area (Å²) < 4.78 is 0. The first-order valence-corrected chi connectivity index (χ1v) is 10.8. The number of imide groups is 1. The highest BCUT2D eigenvalue weighted by molar-refractivity contribution is 6.07. The van der Waals surface area contributed by atoms with E-state index in [1.807, 2.05) is 30.3 Å². The maximum atomic E-state index is 13.3. The van der Waals surface area contributed by atoms with Crippen LogP contribution in [-0.4, -0.2) is 68.8 Å². The van der Waals surface area contributed by atoms with Crippen molar-refractivity contribution in [3.63, 3.8) is 0 Å². The minimum atomic E-state index is -0.695. The van der Waals surface area contributed by atoms with Crippen LogP contribution in [0.5, 0.6) is 0 Å². The number of aromatic amines is 1. The Bertz CT molecular complexity index is 915. The summed E-state index contributed by atoms with van der Waals surface area (Å²) in [5, 5.41) is 0. The average Bonchev–Trinajstić information content (AvgIpc) is 3.20. The molecule has 2 aromatic rings. The van der Waals surface area contributed by atoms with Crippen molar-refractivity contribution < 1.29 is 9.59 Å². The van der Waals surface area contributed by atoms with Gasteiger partial charge in [0.2, 0.25) is 0 Å². The standard InChI is InChI=1S/C23H31N5O2/c1-4-20-24-17(2)19(25-20)16-27-14-11-23(12-15-27)21(29)28(22(30)26(23)3)13-10-18-8-6-5-7-9-18/h5-9H,4,10-16H2,1-3H3,(H,24,25). The average molecular weight is 410 g/mol. The van der Waals surface area contributed by atoms with Crippen molar-refractivity contribution in [2.24, 2.45) is 0 Å². The third kappa shape index (κ3) is 3.62. The third-order valence-electron chi connectivity index (χ3n) is 6.70. The number of hydrogen-bond donors (Lipinski definition) is 1. The number of carbonyl (C=O) groups is 2. The minimum Gasteiger partial charge on any atom is -0.346 e. The van der Waals surface area contributed by atoms with Crippen molar-refractivity contribution in [1.82, 2.24) is 24.7 Å². The fourth-order valence-electron chi connectivity index (χ4n) is 4.66. The van der Waals surface area contributed by atoms with Crippen LogP contribution < -0.4 is 0 Å². The highest BCUT2D eigenvalue weighted by atomic mass is 16.2. The largest absolute Gasteiger partial charge is 0.346 e. The van der Waals surface area contributed by atoms with Crippen molar-refractivity contribution >= 4 is 11.9 Å². The molecule has 0 atom stereocenters. The summed E-state index contributed by atoms with van der Waals surface area (Å²) >= 11 is 0. The van der Waals surface area contributed by atoms with Gasteiger partial charge in [-0.1, -0.05) is 37.3 Å². The van der Waals surface area contributed by atoms with E-state index < -0.39 is 5.54 Å². The maximum absolute atomic E-state index is 13.3. The monoisotopic (exact) mass is 409 g/mol. The Kier molecular flexibility index (Phi) is 5.64.